The fourth-order valence-electron chi connectivity index (χ4n) is 1.72. The van der Waals surface area contributed by atoms with Crippen LogP contribution in [0.1, 0.15) is 11.3 Å². The summed E-state index contributed by atoms with van der Waals surface area (Å²) >= 11 is 0. The maximum Gasteiger partial charge on any atom is 0.234 e. The summed E-state index contributed by atoms with van der Waals surface area (Å²) in [6.07, 6.45) is 1.88. The fourth-order valence-corrected chi connectivity index (χ4v) is 1.72. The standard InChI is InChI=1S/C14H18N4O/c1-18-8-7-13(17-18)10-15-11-14(19)16-9-12-5-3-2-4-6-12/h2-8,15H,9-11H2,1H3,(H,16,19). The average Bonchev–Trinajstić information content (AvgIpc) is 2.83. The molecule has 0 saturated carbocycles. The molecule has 5 heteroatoms. The van der Waals surface area contributed by atoms with Crippen molar-refractivity contribution in [1.29, 1.82) is 0 Å². The van der Waals surface area contributed by atoms with Crippen LogP contribution in [-0.2, 0) is 24.9 Å². The Balaban J connectivity index is 1.65. The van der Waals surface area contributed by atoms with Gasteiger partial charge in [-0.15, -0.1) is 0 Å². The lowest BCUT2D eigenvalue weighted by molar-refractivity contribution is -0.120. The number of amides is 1. The molecule has 1 heterocycles. The van der Waals surface area contributed by atoms with E-state index in [0.29, 0.717) is 19.6 Å². The van der Waals surface area contributed by atoms with Gasteiger partial charge in [0.25, 0.3) is 0 Å². The minimum atomic E-state index is -0.0141. The summed E-state index contributed by atoms with van der Waals surface area (Å²) in [5, 5.41) is 10.2. The second-order valence-electron chi connectivity index (χ2n) is 4.35. The van der Waals surface area contributed by atoms with E-state index in [9.17, 15) is 4.79 Å². The molecule has 1 amide bonds. The lowest BCUT2D eigenvalue weighted by Gasteiger charge is -2.06. The van der Waals surface area contributed by atoms with Crippen LogP contribution in [0.25, 0.3) is 0 Å². The molecule has 19 heavy (non-hydrogen) atoms. The molecule has 1 aromatic heterocycles. The van der Waals surface area contributed by atoms with Crippen LogP contribution in [0.2, 0.25) is 0 Å². The first-order valence-corrected chi connectivity index (χ1v) is 6.24. The predicted octanol–water partition coefficient (Wildman–Crippen LogP) is 0.826. The number of nitrogens with one attached hydrogen (secondary N) is 2. The molecule has 5 nitrogen and oxygen atoms in total. The number of hydrogen-bond donors (Lipinski definition) is 2. The predicted molar refractivity (Wildman–Crippen MR) is 73.2 cm³/mol. The third-order valence-electron chi connectivity index (χ3n) is 2.69. The summed E-state index contributed by atoms with van der Waals surface area (Å²) in [4.78, 5) is 11.6. The Morgan fingerprint density at radius 3 is 2.68 bits per heavy atom. The molecule has 0 aliphatic carbocycles. The normalized spacial score (nSPS) is 10.4. The number of aromatic nitrogens is 2. The van der Waals surface area contributed by atoms with Crippen molar-refractivity contribution in [2.75, 3.05) is 6.54 Å². The van der Waals surface area contributed by atoms with E-state index in [-0.39, 0.29) is 5.91 Å². The van der Waals surface area contributed by atoms with Crippen LogP contribution in [-0.4, -0.2) is 22.2 Å². The summed E-state index contributed by atoms with van der Waals surface area (Å²) < 4.78 is 1.74. The molecule has 0 radical (unpaired) electrons. The lowest BCUT2D eigenvalue weighted by atomic mass is 10.2. The van der Waals surface area contributed by atoms with E-state index in [2.05, 4.69) is 15.7 Å². The highest BCUT2D eigenvalue weighted by Crippen LogP contribution is 1.97. The molecule has 2 N–H and O–H groups in total. The van der Waals surface area contributed by atoms with Gasteiger partial charge < -0.3 is 10.6 Å². The number of aryl methyl sites for hydroxylation is 1. The van der Waals surface area contributed by atoms with Gasteiger partial charge in [-0.25, -0.2) is 0 Å². The highest BCUT2D eigenvalue weighted by Gasteiger charge is 2.01. The van der Waals surface area contributed by atoms with Gasteiger partial charge in [-0.2, -0.15) is 5.10 Å². The molecule has 100 valence electrons. The Hall–Kier alpha value is -2.14. The number of carbonyl (C=O) groups excluding carboxylic acids is 1. The Morgan fingerprint density at radius 1 is 1.21 bits per heavy atom. The molecule has 0 unspecified atom stereocenters. The molecule has 2 rings (SSSR count). The lowest BCUT2D eigenvalue weighted by Crippen LogP contribution is -2.33. The van der Waals surface area contributed by atoms with Crippen LogP contribution in [0.4, 0.5) is 0 Å². The van der Waals surface area contributed by atoms with Crippen LogP contribution >= 0.6 is 0 Å². The number of nitrogens with zero attached hydrogens (tertiary/aromatic N) is 2. The molecule has 1 aromatic carbocycles. The van der Waals surface area contributed by atoms with E-state index < -0.39 is 0 Å². The molecule has 0 aliphatic heterocycles. The van der Waals surface area contributed by atoms with Crippen LogP contribution in [0, 0.1) is 0 Å². The van der Waals surface area contributed by atoms with Crippen molar-refractivity contribution >= 4 is 5.91 Å². The first-order valence-electron chi connectivity index (χ1n) is 6.24. The fraction of sp³-hybridized carbons (Fsp3) is 0.286. The van der Waals surface area contributed by atoms with E-state index >= 15 is 0 Å². The van der Waals surface area contributed by atoms with Gasteiger partial charge >= 0.3 is 0 Å². The van der Waals surface area contributed by atoms with Gasteiger partial charge in [0.1, 0.15) is 0 Å². The van der Waals surface area contributed by atoms with Crippen LogP contribution < -0.4 is 10.6 Å². The maximum absolute atomic E-state index is 11.6. The molecule has 2 aromatic rings. The zero-order valence-corrected chi connectivity index (χ0v) is 11.0. The topological polar surface area (TPSA) is 59.0 Å². The first-order chi connectivity index (χ1) is 9.24. The van der Waals surface area contributed by atoms with Crippen molar-refractivity contribution in [1.82, 2.24) is 20.4 Å². The Kier molecular flexibility index (Phi) is 4.69. The Bertz CT molecular complexity index is 521. The van der Waals surface area contributed by atoms with E-state index in [1.165, 1.54) is 0 Å². The van der Waals surface area contributed by atoms with Crippen molar-refractivity contribution in [3.05, 3.63) is 53.9 Å². The highest BCUT2D eigenvalue weighted by atomic mass is 16.1. The second kappa shape index (κ2) is 6.70. The number of rotatable bonds is 6. The van der Waals surface area contributed by atoms with Gasteiger partial charge in [0.15, 0.2) is 0 Å². The van der Waals surface area contributed by atoms with Crippen LogP contribution in [0.15, 0.2) is 42.6 Å². The summed E-state index contributed by atoms with van der Waals surface area (Å²) in [6.45, 7) is 1.45. The van der Waals surface area contributed by atoms with Crippen molar-refractivity contribution < 1.29 is 4.79 Å². The van der Waals surface area contributed by atoms with Crippen molar-refractivity contribution in [2.45, 2.75) is 13.1 Å². The number of carbonyl (C=O) groups is 1. The average molecular weight is 258 g/mol. The van der Waals surface area contributed by atoms with Gasteiger partial charge in [0.05, 0.1) is 12.2 Å². The van der Waals surface area contributed by atoms with E-state index in [4.69, 9.17) is 0 Å². The highest BCUT2D eigenvalue weighted by molar-refractivity contribution is 5.77. The second-order valence-corrected chi connectivity index (χ2v) is 4.35. The summed E-state index contributed by atoms with van der Waals surface area (Å²) in [5.41, 5.74) is 2.03. The third-order valence-corrected chi connectivity index (χ3v) is 2.69. The Morgan fingerprint density at radius 2 is 2.00 bits per heavy atom. The zero-order valence-electron chi connectivity index (χ0n) is 11.0. The van der Waals surface area contributed by atoms with Gasteiger partial charge in [-0.05, 0) is 11.6 Å². The Labute approximate surface area is 112 Å². The van der Waals surface area contributed by atoms with Gasteiger partial charge in [-0.1, -0.05) is 30.3 Å². The molecular weight excluding hydrogens is 240 g/mol. The molecule has 0 fully saturated rings. The van der Waals surface area contributed by atoms with Gasteiger partial charge in [0.2, 0.25) is 5.91 Å². The largest absolute Gasteiger partial charge is 0.351 e. The smallest absolute Gasteiger partial charge is 0.234 e. The molecule has 0 atom stereocenters. The van der Waals surface area contributed by atoms with Gasteiger partial charge in [0, 0.05) is 26.3 Å². The quantitative estimate of drug-likeness (QED) is 0.806. The zero-order chi connectivity index (χ0) is 13.5. The van der Waals surface area contributed by atoms with E-state index in [1.807, 2.05) is 49.6 Å². The van der Waals surface area contributed by atoms with Crippen LogP contribution in [0.3, 0.4) is 0 Å². The monoisotopic (exact) mass is 258 g/mol. The van der Waals surface area contributed by atoms with Crippen molar-refractivity contribution in [3.8, 4) is 0 Å². The molecule has 0 saturated heterocycles. The molecule has 0 bridgehead atoms. The molecular formula is C14H18N4O. The number of benzene rings is 1. The van der Waals surface area contributed by atoms with Crippen molar-refractivity contribution in [2.24, 2.45) is 7.05 Å². The minimum absolute atomic E-state index is 0.0141. The maximum atomic E-state index is 11.6. The van der Waals surface area contributed by atoms with E-state index in [1.54, 1.807) is 4.68 Å². The number of hydrogen-bond acceptors (Lipinski definition) is 3. The summed E-state index contributed by atoms with van der Waals surface area (Å²) in [5.74, 6) is -0.0141. The molecule has 0 spiro atoms. The van der Waals surface area contributed by atoms with Crippen LogP contribution in [0.5, 0.6) is 0 Å². The summed E-state index contributed by atoms with van der Waals surface area (Å²) in [7, 11) is 1.87. The summed E-state index contributed by atoms with van der Waals surface area (Å²) in [6, 6.07) is 11.8. The van der Waals surface area contributed by atoms with Gasteiger partial charge in [-0.3, -0.25) is 9.48 Å². The molecule has 0 aliphatic rings. The SMILES string of the molecule is Cn1ccc(CNCC(=O)NCc2ccccc2)n1. The minimum Gasteiger partial charge on any atom is -0.351 e. The third kappa shape index (κ3) is 4.56. The first kappa shape index (κ1) is 13.3. The van der Waals surface area contributed by atoms with E-state index in [0.717, 1.165) is 11.3 Å². The van der Waals surface area contributed by atoms with Crippen molar-refractivity contribution in [3.63, 3.8) is 0 Å².